The number of hydrogen-bond donors (Lipinski definition) is 0. The number of rotatable bonds is 17. The summed E-state index contributed by atoms with van der Waals surface area (Å²) in [6.07, 6.45) is 16.9. The molecule has 0 amide bonds. The van der Waals surface area contributed by atoms with Crippen molar-refractivity contribution in [2.75, 3.05) is 6.61 Å². The molecule has 3 aromatic carbocycles. The number of aryl methyl sites for hydroxylation is 1. The molecule has 0 saturated carbocycles. The van der Waals surface area contributed by atoms with Crippen LogP contribution in [0.3, 0.4) is 0 Å². The zero-order chi connectivity index (χ0) is 31.3. The van der Waals surface area contributed by atoms with Gasteiger partial charge < -0.3 is 4.74 Å². The molecule has 0 bridgehead atoms. The summed E-state index contributed by atoms with van der Waals surface area (Å²) in [5.41, 5.74) is 1.91. The largest absolute Gasteiger partial charge is 0.373 e. The van der Waals surface area contributed by atoms with Gasteiger partial charge in [0, 0.05) is 16.7 Å². The third-order valence-corrected chi connectivity index (χ3v) is 9.26. The van der Waals surface area contributed by atoms with E-state index in [1.807, 2.05) is 0 Å². The zero-order valence-corrected chi connectivity index (χ0v) is 26.7. The van der Waals surface area contributed by atoms with Gasteiger partial charge in [-0.25, -0.2) is 17.6 Å². The van der Waals surface area contributed by atoms with E-state index in [1.165, 1.54) is 57.8 Å². The SMILES string of the molecule is CCCCCCCCCc1ccc(-c2ccc(-c3ccc(C4CCC(CCCCCCC)CO4)c(F)c3F)cc2)c(F)c1F. The van der Waals surface area contributed by atoms with E-state index in [0.29, 0.717) is 42.1 Å². The van der Waals surface area contributed by atoms with Crippen molar-refractivity contribution in [3.05, 3.63) is 82.9 Å². The van der Waals surface area contributed by atoms with Crippen molar-refractivity contribution >= 4 is 0 Å². The number of unbranched alkanes of at least 4 members (excludes halogenated alkanes) is 10. The Morgan fingerprint density at radius 1 is 0.568 bits per heavy atom. The molecule has 1 nitrogen and oxygen atoms in total. The van der Waals surface area contributed by atoms with Crippen LogP contribution in [0.15, 0.2) is 48.5 Å². The molecule has 1 aliphatic rings. The van der Waals surface area contributed by atoms with Gasteiger partial charge in [-0.05, 0) is 54.7 Å². The molecule has 5 heteroatoms. The Hall–Kier alpha value is -2.66. The highest BCUT2D eigenvalue weighted by atomic mass is 19.2. The first-order valence-corrected chi connectivity index (χ1v) is 17.1. The molecule has 3 aromatic rings. The van der Waals surface area contributed by atoms with Crippen molar-refractivity contribution in [3.8, 4) is 22.3 Å². The van der Waals surface area contributed by atoms with E-state index in [9.17, 15) is 4.39 Å². The van der Waals surface area contributed by atoms with Crippen molar-refractivity contribution in [2.45, 2.75) is 123 Å². The first-order valence-electron chi connectivity index (χ1n) is 17.1. The summed E-state index contributed by atoms with van der Waals surface area (Å²) < 4.78 is 66.5. The van der Waals surface area contributed by atoms with Crippen LogP contribution in [-0.2, 0) is 11.2 Å². The zero-order valence-electron chi connectivity index (χ0n) is 26.7. The molecule has 4 rings (SSSR count). The second kappa shape index (κ2) is 17.7. The molecular weight excluding hydrogens is 560 g/mol. The van der Waals surface area contributed by atoms with Crippen molar-refractivity contribution in [2.24, 2.45) is 5.92 Å². The first-order chi connectivity index (χ1) is 21.4. The fourth-order valence-electron chi connectivity index (χ4n) is 6.46. The Bertz CT molecular complexity index is 1290. The highest BCUT2D eigenvalue weighted by Gasteiger charge is 2.27. The maximum absolute atomic E-state index is 15.3. The van der Waals surface area contributed by atoms with Gasteiger partial charge in [0.1, 0.15) is 0 Å². The lowest BCUT2D eigenvalue weighted by Crippen LogP contribution is -2.21. The Balaban J connectivity index is 1.35. The van der Waals surface area contributed by atoms with Crippen molar-refractivity contribution in [3.63, 3.8) is 0 Å². The summed E-state index contributed by atoms with van der Waals surface area (Å²) in [6.45, 7) is 4.98. The van der Waals surface area contributed by atoms with E-state index < -0.39 is 29.4 Å². The summed E-state index contributed by atoms with van der Waals surface area (Å²) in [4.78, 5) is 0. The molecule has 0 spiro atoms. The van der Waals surface area contributed by atoms with Crippen molar-refractivity contribution < 1.29 is 22.3 Å². The average Bonchev–Trinajstić information content (AvgIpc) is 3.04. The summed E-state index contributed by atoms with van der Waals surface area (Å²) in [5.74, 6) is -2.98. The van der Waals surface area contributed by atoms with Crippen LogP contribution in [0.4, 0.5) is 17.6 Å². The van der Waals surface area contributed by atoms with Crippen LogP contribution in [0.5, 0.6) is 0 Å². The minimum atomic E-state index is -0.913. The predicted octanol–water partition coefficient (Wildman–Crippen LogP) is 12.7. The van der Waals surface area contributed by atoms with E-state index in [2.05, 4.69) is 13.8 Å². The van der Waals surface area contributed by atoms with Gasteiger partial charge in [0.2, 0.25) is 0 Å². The first kappa shape index (κ1) is 34.2. The maximum atomic E-state index is 15.3. The Morgan fingerprint density at radius 2 is 1.11 bits per heavy atom. The molecular formula is C39H50F4O. The molecule has 1 fully saturated rings. The van der Waals surface area contributed by atoms with E-state index in [4.69, 9.17) is 4.74 Å². The average molecular weight is 611 g/mol. The lowest BCUT2D eigenvalue weighted by atomic mass is 9.90. The van der Waals surface area contributed by atoms with Crippen molar-refractivity contribution in [1.29, 1.82) is 0 Å². The number of halogens is 4. The van der Waals surface area contributed by atoms with Gasteiger partial charge in [0.15, 0.2) is 23.3 Å². The molecule has 0 aliphatic carbocycles. The van der Waals surface area contributed by atoms with Crippen LogP contribution < -0.4 is 0 Å². The smallest absolute Gasteiger partial charge is 0.167 e. The second-order valence-corrected chi connectivity index (χ2v) is 12.6. The number of hydrogen-bond acceptors (Lipinski definition) is 1. The topological polar surface area (TPSA) is 9.23 Å². The Labute approximate surface area is 262 Å². The fraction of sp³-hybridized carbons (Fsp3) is 0.538. The van der Waals surface area contributed by atoms with Gasteiger partial charge in [0.05, 0.1) is 12.7 Å². The molecule has 0 radical (unpaired) electrons. The Morgan fingerprint density at radius 3 is 1.70 bits per heavy atom. The molecule has 240 valence electrons. The third kappa shape index (κ3) is 9.19. The molecule has 44 heavy (non-hydrogen) atoms. The highest BCUT2D eigenvalue weighted by Crippen LogP contribution is 2.37. The third-order valence-electron chi connectivity index (χ3n) is 9.26. The van der Waals surface area contributed by atoms with Gasteiger partial charge >= 0.3 is 0 Å². The minimum absolute atomic E-state index is 0.134. The van der Waals surface area contributed by atoms with Crippen LogP contribution in [0, 0.1) is 29.2 Å². The number of ether oxygens (including phenoxy) is 1. The highest BCUT2D eigenvalue weighted by molar-refractivity contribution is 5.71. The van der Waals surface area contributed by atoms with E-state index in [1.54, 1.807) is 48.5 Å². The maximum Gasteiger partial charge on any atom is 0.167 e. The number of benzene rings is 3. The van der Waals surface area contributed by atoms with Crippen LogP contribution in [-0.4, -0.2) is 6.61 Å². The normalized spacial score (nSPS) is 16.9. The molecule has 2 atom stereocenters. The quantitative estimate of drug-likeness (QED) is 0.109. The lowest BCUT2D eigenvalue weighted by molar-refractivity contribution is -0.0218. The van der Waals surface area contributed by atoms with Gasteiger partial charge in [-0.2, -0.15) is 0 Å². The van der Waals surface area contributed by atoms with Crippen LogP contribution >= 0.6 is 0 Å². The van der Waals surface area contributed by atoms with Crippen LogP contribution in [0.2, 0.25) is 0 Å². The van der Waals surface area contributed by atoms with Crippen LogP contribution in [0.25, 0.3) is 22.3 Å². The summed E-state index contributed by atoms with van der Waals surface area (Å²) in [5, 5.41) is 0. The van der Waals surface area contributed by atoms with E-state index >= 15 is 13.2 Å². The second-order valence-electron chi connectivity index (χ2n) is 12.6. The molecule has 1 heterocycles. The standard InChI is InChI=1S/C39H50F4O/c1-3-5-7-9-10-12-14-16-31-22-23-32(37(41)36(31)40)29-18-20-30(21-19-29)33-24-25-34(39(43)38(33)42)35-26-17-28(27-44-35)15-13-11-8-6-4-2/h18-25,28,35H,3-17,26-27H2,1-2H3. The van der Waals surface area contributed by atoms with Gasteiger partial charge in [0.25, 0.3) is 0 Å². The molecule has 1 aliphatic heterocycles. The van der Waals surface area contributed by atoms with Gasteiger partial charge in [-0.3, -0.25) is 0 Å². The molecule has 0 N–H and O–H groups in total. The molecule has 2 unspecified atom stereocenters. The van der Waals surface area contributed by atoms with Gasteiger partial charge in [-0.15, -0.1) is 0 Å². The summed E-state index contributed by atoms with van der Waals surface area (Å²) in [6, 6.07) is 13.0. The van der Waals surface area contributed by atoms with Gasteiger partial charge in [-0.1, -0.05) is 133 Å². The van der Waals surface area contributed by atoms with E-state index in [0.717, 1.165) is 32.1 Å². The minimum Gasteiger partial charge on any atom is -0.373 e. The van der Waals surface area contributed by atoms with E-state index in [-0.39, 0.29) is 16.7 Å². The van der Waals surface area contributed by atoms with Crippen molar-refractivity contribution in [1.82, 2.24) is 0 Å². The molecule has 1 saturated heterocycles. The fourth-order valence-corrected chi connectivity index (χ4v) is 6.46. The predicted molar refractivity (Wildman–Crippen MR) is 174 cm³/mol. The lowest BCUT2D eigenvalue weighted by Gasteiger charge is -2.30. The summed E-state index contributed by atoms with van der Waals surface area (Å²) >= 11 is 0. The monoisotopic (exact) mass is 610 g/mol. The molecule has 0 aromatic heterocycles. The van der Waals surface area contributed by atoms with Crippen LogP contribution in [0.1, 0.15) is 127 Å². The summed E-state index contributed by atoms with van der Waals surface area (Å²) in [7, 11) is 0. The Kier molecular flexibility index (Phi) is 13.8.